The Morgan fingerprint density at radius 2 is 1.44 bits per heavy atom. The zero-order valence-corrected chi connectivity index (χ0v) is 15.7. The summed E-state index contributed by atoms with van der Waals surface area (Å²) < 4.78 is 113. The third kappa shape index (κ3) is 4.66. The smallest absolute Gasteiger partial charge is 0.422 e. The maximum atomic E-state index is 14.3. The molecule has 0 aromatic heterocycles. The van der Waals surface area contributed by atoms with Gasteiger partial charge in [0.15, 0.2) is 23.3 Å². The van der Waals surface area contributed by atoms with Gasteiger partial charge in [0.05, 0.1) is 5.56 Å². The molecule has 3 nitrogen and oxygen atoms in total. The Kier molecular flexibility index (Phi) is 6.37. The second kappa shape index (κ2) is 8.85. The van der Waals surface area contributed by atoms with Gasteiger partial charge < -0.3 is 10.1 Å². The van der Waals surface area contributed by atoms with E-state index in [-0.39, 0.29) is 12.4 Å². The number of halogens is 8. The average molecular weight is 461 g/mol. The van der Waals surface area contributed by atoms with Crippen LogP contribution in [0.25, 0.3) is 0 Å². The van der Waals surface area contributed by atoms with Crippen molar-refractivity contribution >= 4 is 11.6 Å². The van der Waals surface area contributed by atoms with Crippen molar-refractivity contribution in [2.45, 2.75) is 12.8 Å². The highest BCUT2D eigenvalue weighted by atomic mass is 19.4. The van der Waals surface area contributed by atoms with E-state index in [2.05, 4.69) is 0 Å². The number of carbonyl (C=O) groups excluding carboxylic acids is 1. The Labute approximate surface area is 175 Å². The Morgan fingerprint density at radius 3 is 1.97 bits per heavy atom. The minimum atomic E-state index is -5.74. The zero-order chi connectivity index (χ0) is 23.6. The third-order valence-electron chi connectivity index (χ3n) is 4.22. The van der Waals surface area contributed by atoms with E-state index in [0.29, 0.717) is 0 Å². The first-order valence-corrected chi connectivity index (χ1v) is 8.71. The van der Waals surface area contributed by atoms with Crippen LogP contribution in [0.1, 0.15) is 21.5 Å². The molecule has 0 heterocycles. The van der Waals surface area contributed by atoms with Crippen LogP contribution >= 0.6 is 0 Å². The normalized spacial score (nSPS) is 11.4. The van der Waals surface area contributed by atoms with Gasteiger partial charge in [-0.3, -0.25) is 4.79 Å². The summed E-state index contributed by atoms with van der Waals surface area (Å²) in [4.78, 5) is 12.1. The highest BCUT2D eigenvalue weighted by molar-refractivity contribution is 6.04. The second-order valence-corrected chi connectivity index (χ2v) is 6.37. The molecule has 3 rings (SSSR count). The molecule has 0 unspecified atom stereocenters. The highest BCUT2D eigenvalue weighted by Gasteiger charge is 2.42. The Hall–Kier alpha value is -3.63. The molecule has 1 N–H and O–H groups in total. The van der Waals surface area contributed by atoms with Crippen molar-refractivity contribution in [1.29, 1.82) is 0 Å². The zero-order valence-electron chi connectivity index (χ0n) is 15.7. The van der Waals surface area contributed by atoms with Gasteiger partial charge in [-0.25, -0.2) is 22.0 Å². The number of ether oxygens (including phenoxy) is 1. The van der Waals surface area contributed by atoms with Gasteiger partial charge in [-0.05, 0) is 17.7 Å². The van der Waals surface area contributed by atoms with Crippen molar-refractivity contribution < 1.29 is 44.7 Å². The summed E-state index contributed by atoms with van der Waals surface area (Å²) in [6, 6.07) is 11.5. The molecular formula is C21H11F8NO2. The van der Waals surface area contributed by atoms with Crippen LogP contribution in [0.4, 0.5) is 40.8 Å². The number of hydrogen-bond acceptors (Lipinski definition) is 2. The molecule has 0 bridgehead atoms. The van der Waals surface area contributed by atoms with Gasteiger partial charge in [0.1, 0.15) is 29.4 Å². The maximum Gasteiger partial charge on any atom is 0.422 e. The molecule has 0 saturated carbocycles. The molecule has 0 aliphatic heterocycles. The summed E-state index contributed by atoms with van der Waals surface area (Å²) in [6.45, 7) is 0.0619. The number of benzene rings is 3. The van der Waals surface area contributed by atoms with Crippen LogP contribution in [-0.4, -0.2) is 5.91 Å². The summed E-state index contributed by atoms with van der Waals surface area (Å²) >= 11 is 0. The Balaban J connectivity index is 1.83. The maximum absolute atomic E-state index is 14.3. The first kappa shape index (κ1) is 23.0. The molecule has 32 heavy (non-hydrogen) atoms. The van der Waals surface area contributed by atoms with Crippen molar-refractivity contribution in [2.24, 2.45) is 0 Å². The minimum absolute atomic E-state index is 0.00752. The lowest BCUT2D eigenvalue weighted by molar-refractivity contribution is -0.143. The second-order valence-electron chi connectivity index (χ2n) is 6.37. The summed E-state index contributed by atoms with van der Waals surface area (Å²) in [5.41, 5.74) is -4.68. The average Bonchev–Trinajstić information content (AvgIpc) is 2.73. The predicted octanol–water partition coefficient (Wildman–Crippen LogP) is 6.23. The molecule has 1 amide bonds. The number of alkyl halides is 3. The Bertz CT molecular complexity index is 1130. The van der Waals surface area contributed by atoms with E-state index in [1.165, 1.54) is 5.32 Å². The lowest BCUT2D eigenvalue weighted by Crippen LogP contribution is -2.21. The van der Waals surface area contributed by atoms with Crippen LogP contribution in [0.2, 0.25) is 0 Å². The molecule has 3 aromatic carbocycles. The van der Waals surface area contributed by atoms with Gasteiger partial charge in [-0.1, -0.05) is 30.3 Å². The van der Waals surface area contributed by atoms with Crippen molar-refractivity contribution in [3.8, 4) is 5.75 Å². The number of anilines is 1. The summed E-state index contributed by atoms with van der Waals surface area (Å²) in [5.74, 6) is -13.3. The molecule has 0 atom stereocenters. The first-order chi connectivity index (χ1) is 15.0. The lowest BCUT2D eigenvalue weighted by Gasteiger charge is -2.15. The van der Waals surface area contributed by atoms with Gasteiger partial charge in [0.2, 0.25) is 0 Å². The lowest BCUT2D eigenvalue weighted by atomic mass is 10.1. The van der Waals surface area contributed by atoms with Gasteiger partial charge in [-0.15, -0.1) is 0 Å². The van der Waals surface area contributed by atoms with E-state index < -0.39 is 58.0 Å². The number of amides is 1. The number of rotatable bonds is 5. The number of hydrogen-bond donors (Lipinski definition) is 1. The van der Waals surface area contributed by atoms with Gasteiger partial charge in [0, 0.05) is 6.07 Å². The summed E-state index contributed by atoms with van der Waals surface area (Å²) in [5, 5.41) is 1.36. The van der Waals surface area contributed by atoms with Crippen molar-refractivity contribution in [3.63, 3.8) is 0 Å². The van der Waals surface area contributed by atoms with Gasteiger partial charge >= 0.3 is 6.18 Å². The fraction of sp³-hybridized carbons (Fsp3) is 0.0952. The van der Waals surface area contributed by atoms with Gasteiger partial charge in [0.25, 0.3) is 5.91 Å². The fourth-order valence-electron chi connectivity index (χ4n) is 2.68. The van der Waals surface area contributed by atoms with Crippen molar-refractivity contribution in [2.75, 3.05) is 5.32 Å². The Morgan fingerprint density at radius 1 is 0.844 bits per heavy atom. The van der Waals surface area contributed by atoms with E-state index >= 15 is 0 Å². The molecule has 0 aliphatic carbocycles. The standard InChI is InChI=1S/C21H11F8NO2/c22-13-8-11(32-9-10-4-2-1-3-5-10)6-7-12(13)20(31)30-19-17(25)15(23)14(21(27,28)29)16(24)18(19)26/h1-8H,9H2,(H,30,31). The summed E-state index contributed by atoms with van der Waals surface area (Å²) in [6.07, 6.45) is -5.74. The summed E-state index contributed by atoms with van der Waals surface area (Å²) in [7, 11) is 0. The highest BCUT2D eigenvalue weighted by Crippen LogP contribution is 2.38. The predicted molar refractivity (Wildman–Crippen MR) is 96.4 cm³/mol. The molecule has 0 spiro atoms. The van der Waals surface area contributed by atoms with Crippen LogP contribution in [0.5, 0.6) is 5.75 Å². The molecule has 168 valence electrons. The molecule has 3 aromatic rings. The molecule has 0 aliphatic rings. The van der Waals surface area contributed by atoms with Crippen LogP contribution in [0, 0.1) is 29.1 Å². The quantitative estimate of drug-likeness (QED) is 0.361. The topological polar surface area (TPSA) is 38.3 Å². The minimum Gasteiger partial charge on any atom is -0.489 e. The molecular weight excluding hydrogens is 450 g/mol. The molecule has 0 radical (unpaired) electrons. The van der Waals surface area contributed by atoms with Crippen LogP contribution < -0.4 is 10.1 Å². The fourth-order valence-corrected chi connectivity index (χ4v) is 2.68. The van der Waals surface area contributed by atoms with E-state index in [4.69, 9.17) is 4.74 Å². The van der Waals surface area contributed by atoms with Crippen LogP contribution in [-0.2, 0) is 12.8 Å². The number of carbonyl (C=O) groups is 1. The number of nitrogens with one attached hydrogen (secondary N) is 1. The van der Waals surface area contributed by atoms with E-state index in [0.717, 1.165) is 23.8 Å². The molecule has 0 saturated heterocycles. The van der Waals surface area contributed by atoms with Gasteiger partial charge in [-0.2, -0.15) is 13.2 Å². The van der Waals surface area contributed by atoms with Crippen molar-refractivity contribution in [1.82, 2.24) is 0 Å². The van der Waals surface area contributed by atoms with Crippen molar-refractivity contribution in [3.05, 3.63) is 94.3 Å². The first-order valence-electron chi connectivity index (χ1n) is 8.71. The third-order valence-corrected chi connectivity index (χ3v) is 4.22. The van der Waals surface area contributed by atoms with Crippen LogP contribution in [0.3, 0.4) is 0 Å². The SMILES string of the molecule is O=C(Nc1c(F)c(F)c(C(F)(F)F)c(F)c1F)c1ccc(OCc2ccccc2)cc1F. The molecule has 0 fully saturated rings. The van der Waals surface area contributed by atoms with E-state index in [9.17, 15) is 39.9 Å². The van der Waals surface area contributed by atoms with E-state index in [1.807, 2.05) is 0 Å². The van der Waals surface area contributed by atoms with Crippen LogP contribution in [0.15, 0.2) is 48.5 Å². The largest absolute Gasteiger partial charge is 0.489 e. The monoisotopic (exact) mass is 461 g/mol. The molecule has 11 heteroatoms. The van der Waals surface area contributed by atoms with E-state index in [1.54, 1.807) is 30.3 Å².